The fourth-order valence-electron chi connectivity index (χ4n) is 2.36. The van der Waals surface area contributed by atoms with Crippen LogP contribution < -0.4 is 5.32 Å². The van der Waals surface area contributed by atoms with E-state index in [1.807, 2.05) is 11.0 Å². The third kappa shape index (κ3) is 4.57. The molecule has 1 saturated heterocycles. The smallest absolute Gasteiger partial charge is 0.339 e. The molecule has 0 atom stereocenters. The Morgan fingerprint density at radius 1 is 1.20 bits per heavy atom. The maximum atomic E-state index is 12.4. The summed E-state index contributed by atoms with van der Waals surface area (Å²) in [6.45, 7) is 2.14. The first-order valence-electron chi connectivity index (χ1n) is 7.63. The van der Waals surface area contributed by atoms with Crippen LogP contribution in [0.25, 0.3) is 0 Å². The molecular formula is C17H18N4O4. The van der Waals surface area contributed by atoms with Crippen LogP contribution in [0.2, 0.25) is 0 Å². The fraction of sp³-hybridized carbons (Fsp3) is 0.294. The van der Waals surface area contributed by atoms with E-state index in [1.165, 1.54) is 19.4 Å². The molecule has 0 unspecified atom stereocenters. The van der Waals surface area contributed by atoms with E-state index in [1.54, 1.807) is 23.1 Å². The Balaban J connectivity index is 2.11. The van der Waals surface area contributed by atoms with Crippen molar-refractivity contribution in [2.45, 2.75) is 0 Å². The van der Waals surface area contributed by atoms with E-state index in [9.17, 15) is 19.6 Å². The van der Waals surface area contributed by atoms with Gasteiger partial charge in [0.25, 0.3) is 5.91 Å². The van der Waals surface area contributed by atoms with Crippen molar-refractivity contribution in [3.63, 3.8) is 0 Å². The van der Waals surface area contributed by atoms with Gasteiger partial charge in [0.05, 0.1) is 18.4 Å². The monoisotopic (exact) mass is 342 g/mol. The number of esters is 1. The summed E-state index contributed by atoms with van der Waals surface area (Å²) in [5.41, 5.74) is 0.390. The van der Waals surface area contributed by atoms with Gasteiger partial charge in [0.2, 0.25) is 6.41 Å². The number of amides is 2. The van der Waals surface area contributed by atoms with Crippen LogP contribution in [-0.2, 0) is 14.3 Å². The molecule has 1 aliphatic rings. The second kappa shape index (κ2) is 8.49. The summed E-state index contributed by atoms with van der Waals surface area (Å²) in [5.74, 6) is -1.19. The largest absolute Gasteiger partial charge is 0.465 e. The van der Waals surface area contributed by atoms with E-state index < -0.39 is 11.9 Å². The van der Waals surface area contributed by atoms with Crippen LogP contribution >= 0.6 is 0 Å². The molecule has 1 aromatic carbocycles. The average molecular weight is 342 g/mol. The summed E-state index contributed by atoms with van der Waals surface area (Å²) in [6, 6.07) is 8.26. The number of methoxy groups -OCH3 is 1. The molecule has 1 heterocycles. The maximum absolute atomic E-state index is 12.4. The number of piperazine rings is 1. The summed E-state index contributed by atoms with van der Waals surface area (Å²) in [4.78, 5) is 38.2. The molecule has 2 amide bonds. The predicted octanol–water partition coefficient (Wildman–Crippen LogP) is 0.593. The van der Waals surface area contributed by atoms with Gasteiger partial charge in [0.1, 0.15) is 11.6 Å². The maximum Gasteiger partial charge on any atom is 0.339 e. The molecule has 0 bridgehead atoms. The molecule has 1 fully saturated rings. The Bertz CT molecular complexity index is 730. The van der Waals surface area contributed by atoms with Gasteiger partial charge in [-0.1, -0.05) is 12.1 Å². The number of ether oxygens (including phenoxy) is 1. The van der Waals surface area contributed by atoms with Crippen LogP contribution in [0, 0.1) is 11.3 Å². The van der Waals surface area contributed by atoms with Crippen molar-refractivity contribution in [3.05, 3.63) is 41.6 Å². The fourth-order valence-corrected chi connectivity index (χ4v) is 2.36. The minimum Gasteiger partial charge on any atom is -0.465 e. The topological polar surface area (TPSA) is 103 Å². The number of para-hydroxylation sites is 1. The number of nitrogens with one attached hydrogen (secondary N) is 1. The molecule has 8 heteroatoms. The van der Waals surface area contributed by atoms with Gasteiger partial charge in [-0.05, 0) is 12.1 Å². The molecule has 0 aliphatic carbocycles. The van der Waals surface area contributed by atoms with Gasteiger partial charge in [-0.3, -0.25) is 9.59 Å². The minimum absolute atomic E-state index is 0.0841. The predicted molar refractivity (Wildman–Crippen MR) is 89.3 cm³/mol. The molecule has 0 aromatic heterocycles. The SMILES string of the molecule is COC(=O)c1ccccc1NC(=O)/C(C#N)=C\N1CCN(C=O)CC1. The first kappa shape index (κ1) is 18.0. The lowest BCUT2D eigenvalue weighted by Gasteiger charge is -2.31. The first-order chi connectivity index (χ1) is 12.1. The molecule has 25 heavy (non-hydrogen) atoms. The van der Waals surface area contributed by atoms with E-state index in [-0.39, 0.29) is 16.8 Å². The van der Waals surface area contributed by atoms with Gasteiger partial charge < -0.3 is 19.9 Å². The van der Waals surface area contributed by atoms with Gasteiger partial charge in [-0.15, -0.1) is 0 Å². The van der Waals surface area contributed by atoms with Crippen molar-refractivity contribution in [1.29, 1.82) is 5.26 Å². The van der Waals surface area contributed by atoms with Gasteiger partial charge in [0.15, 0.2) is 0 Å². The highest BCUT2D eigenvalue weighted by Crippen LogP contribution is 2.17. The van der Waals surface area contributed by atoms with Crippen molar-refractivity contribution in [3.8, 4) is 6.07 Å². The molecular weight excluding hydrogens is 324 g/mol. The number of nitriles is 1. The average Bonchev–Trinajstić information content (AvgIpc) is 2.66. The van der Waals surface area contributed by atoms with E-state index in [2.05, 4.69) is 10.1 Å². The number of nitrogens with zero attached hydrogens (tertiary/aromatic N) is 3. The quantitative estimate of drug-likeness (QED) is 0.364. The zero-order valence-corrected chi connectivity index (χ0v) is 13.8. The van der Waals surface area contributed by atoms with Gasteiger partial charge in [-0.2, -0.15) is 5.26 Å². The van der Waals surface area contributed by atoms with E-state index in [0.717, 1.165) is 6.41 Å². The van der Waals surface area contributed by atoms with E-state index in [0.29, 0.717) is 26.2 Å². The molecule has 0 spiro atoms. The van der Waals surface area contributed by atoms with Crippen molar-refractivity contribution in [2.24, 2.45) is 0 Å². The Morgan fingerprint density at radius 3 is 2.44 bits per heavy atom. The zero-order valence-electron chi connectivity index (χ0n) is 13.8. The Kier molecular flexibility index (Phi) is 6.12. The Hall–Kier alpha value is -3.34. The lowest BCUT2D eigenvalue weighted by atomic mass is 10.1. The van der Waals surface area contributed by atoms with Crippen molar-refractivity contribution < 1.29 is 19.1 Å². The molecule has 130 valence electrons. The van der Waals surface area contributed by atoms with Crippen molar-refractivity contribution in [1.82, 2.24) is 9.80 Å². The number of benzene rings is 1. The Morgan fingerprint density at radius 2 is 1.84 bits per heavy atom. The highest BCUT2D eigenvalue weighted by atomic mass is 16.5. The summed E-state index contributed by atoms with van der Waals surface area (Å²) < 4.78 is 4.68. The number of carbonyl (C=O) groups is 3. The number of carbonyl (C=O) groups excluding carboxylic acids is 3. The van der Waals surface area contributed by atoms with Crippen LogP contribution in [0.3, 0.4) is 0 Å². The third-order valence-electron chi connectivity index (χ3n) is 3.76. The normalized spacial score (nSPS) is 14.5. The highest BCUT2D eigenvalue weighted by molar-refractivity contribution is 6.09. The van der Waals surface area contributed by atoms with Gasteiger partial charge >= 0.3 is 5.97 Å². The van der Waals surface area contributed by atoms with Crippen molar-refractivity contribution in [2.75, 3.05) is 38.6 Å². The molecule has 8 nitrogen and oxygen atoms in total. The molecule has 1 aliphatic heterocycles. The standard InChI is InChI=1S/C17H18N4O4/c1-25-17(24)14-4-2-3-5-15(14)19-16(23)13(10-18)11-20-6-8-21(12-22)9-7-20/h2-5,11-12H,6-9H2,1H3,(H,19,23)/b13-11-. The van der Waals surface area contributed by atoms with Crippen LogP contribution in [0.1, 0.15) is 10.4 Å². The molecule has 1 N–H and O–H groups in total. The zero-order chi connectivity index (χ0) is 18.2. The second-order valence-corrected chi connectivity index (χ2v) is 5.32. The summed E-state index contributed by atoms with van der Waals surface area (Å²) in [7, 11) is 1.25. The highest BCUT2D eigenvalue weighted by Gasteiger charge is 2.18. The summed E-state index contributed by atoms with van der Waals surface area (Å²) in [6.07, 6.45) is 2.25. The second-order valence-electron chi connectivity index (χ2n) is 5.32. The lowest BCUT2D eigenvalue weighted by molar-refractivity contribution is -0.119. The van der Waals surface area contributed by atoms with Crippen LogP contribution in [0.15, 0.2) is 36.0 Å². The van der Waals surface area contributed by atoms with Crippen molar-refractivity contribution >= 4 is 24.0 Å². The van der Waals surface area contributed by atoms with Crippen LogP contribution in [0.5, 0.6) is 0 Å². The van der Waals surface area contributed by atoms with Gasteiger partial charge in [0, 0.05) is 32.4 Å². The molecule has 0 saturated carbocycles. The number of rotatable bonds is 5. The first-order valence-corrected chi connectivity index (χ1v) is 7.63. The van der Waals surface area contributed by atoms with Crippen LogP contribution in [0.4, 0.5) is 5.69 Å². The van der Waals surface area contributed by atoms with E-state index >= 15 is 0 Å². The Labute approximate surface area is 145 Å². The van der Waals surface area contributed by atoms with Crippen LogP contribution in [-0.4, -0.2) is 61.4 Å². The third-order valence-corrected chi connectivity index (χ3v) is 3.76. The number of anilines is 1. The summed E-state index contributed by atoms with van der Waals surface area (Å²) in [5, 5.41) is 11.8. The lowest BCUT2D eigenvalue weighted by Crippen LogP contribution is -2.43. The summed E-state index contributed by atoms with van der Waals surface area (Å²) >= 11 is 0. The van der Waals surface area contributed by atoms with E-state index in [4.69, 9.17) is 0 Å². The minimum atomic E-state index is -0.614. The number of hydrogen-bond acceptors (Lipinski definition) is 6. The molecule has 0 radical (unpaired) electrons. The van der Waals surface area contributed by atoms with Gasteiger partial charge in [-0.25, -0.2) is 4.79 Å². The molecule has 1 aromatic rings. The molecule has 2 rings (SSSR count). The number of hydrogen-bond donors (Lipinski definition) is 1.